The molecule has 0 atom stereocenters. The van der Waals surface area contributed by atoms with Crippen LogP contribution in [0.3, 0.4) is 0 Å². The summed E-state index contributed by atoms with van der Waals surface area (Å²) in [6.45, 7) is 0. The summed E-state index contributed by atoms with van der Waals surface area (Å²) in [5.74, 6) is 1.23. The topological polar surface area (TPSA) is 109 Å². The number of anilines is 1. The molecule has 7 nitrogen and oxygen atoms in total. The van der Waals surface area contributed by atoms with E-state index in [1.807, 2.05) is 12.1 Å². The van der Waals surface area contributed by atoms with E-state index in [2.05, 4.69) is 25.3 Å². The van der Waals surface area contributed by atoms with Crippen LogP contribution in [0, 0.1) is 0 Å². The Bertz CT molecular complexity index is 593. The second kappa shape index (κ2) is 3.23. The predicted octanol–water partition coefficient (Wildman–Crippen LogP) is 1.04. The number of rotatable bonds is 2. The summed E-state index contributed by atoms with van der Waals surface area (Å²) in [5.41, 5.74) is 6.87. The van der Waals surface area contributed by atoms with E-state index in [-0.39, 0.29) is 0 Å². The van der Waals surface area contributed by atoms with Crippen LogP contribution >= 0.6 is 0 Å². The zero-order valence-corrected chi connectivity index (χ0v) is 8.14. The Morgan fingerprint density at radius 3 is 2.94 bits per heavy atom. The lowest BCUT2D eigenvalue weighted by molar-refractivity contribution is 0.430. The number of nitrogens with zero attached hydrogens (tertiary/aromatic N) is 3. The highest BCUT2D eigenvalue weighted by atomic mass is 16.5. The van der Waals surface area contributed by atoms with Crippen molar-refractivity contribution in [3.63, 3.8) is 0 Å². The van der Waals surface area contributed by atoms with Gasteiger partial charge in [-0.25, -0.2) is 0 Å². The highest BCUT2D eigenvalue weighted by molar-refractivity contribution is 5.56. The lowest BCUT2D eigenvalue weighted by Gasteiger charge is -1.84. The van der Waals surface area contributed by atoms with E-state index in [4.69, 9.17) is 10.3 Å². The quantitative estimate of drug-likeness (QED) is 0.592. The molecule has 0 aromatic carbocycles. The third-order valence-electron chi connectivity index (χ3n) is 2.09. The van der Waals surface area contributed by atoms with Gasteiger partial charge in [0.15, 0.2) is 0 Å². The first-order valence-corrected chi connectivity index (χ1v) is 4.61. The molecule has 0 amide bonds. The molecule has 0 unspecified atom stereocenters. The summed E-state index contributed by atoms with van der Waals surface area (Å²) in [7, 11) is 0. The van der Waals surface area contributed by atoms with Crippen molar-refractivity contribution in [1.29, 1.82) is 0 Å². The molecule has 0 aliphatic heterocycles. The van der Waals surface area contributed by atoms with Crippen LogP contribution in [0.2, 0.25) is 0 Å². The van der Waals surface area contributed by atoms with E-state index < -0.39 is 0 Å². The Kier molecular flexibility index (Phi) is 1.76. The van der Waals surface area contributed by atoms with Crippen LogP contribution in [-0.4, -0.2) is 25.3 Å². The molecule has 3 aromatic rings. The number of H-pyrrole nitrogens is 2. The lowest BCUT2D eigenvalue weighted by Crippen LogP contribution is -1.81. The molecule has 0 aliphatic carbocycles. The number of nitrogens with two attached hydrogens (primary N) is 1. The van der Waals surface area contributed by atoms with E-state index in [0.717, 1.165) is 5.69 Å². The predicted molar refractivity (Wildman–Crippen MR) is 56.1 cm³/mol. The molecule has 16 heavy (non-hydrogen) atoms. The highest BCUT2D eigenvalue weighted by Crippen LogP contribution is 2.20. The van der Waals surface area contributed by atoms with Gasteiger partial charge in [-0.1, -0.05) is 5.16 Å². The summed E-state index contributed by atoms with van der Waals surface area (Å²) >= 11 is 0. The van der Waals surface area contributed by atoms with Gasteiger partial charge < -0.3 is 15.2 Å². The summed E-state index contributed by atoms with van der Waals surface area (Å²) < 4.78 is 5.08. The summed E-state index contributed by atoms with van der Waals surface area (Å²) in [4.78, 5) is 7.19. The molecule has 4 N–H and O–H groups in total. The first-order chi connectivity index (χ1) is 7.83. The van der Waals surface area contributed by atoms with Gasteiger partial charge in [0.2, 0.25) is 5.82 Å². The summed E-state index contributed by atoms with van der Waals surface area (Å²) in [6, 6.07) is 5.35. The smallest absolute Gasteiger partial charge is 0.276 e. The van der Waals surface area contributed by atoms with Crippen LogP contribution in [0.5, 0.6) is 0 Å². The Labute approximate surface area is 89.7 Å². The third-order valence-corrected chi connectivity index (χ3v) is 2.09. The maximum Gasteiger partial charge on any atom is 0.276 e. The maximum atomic E-state index is 5.48. The van der Waals surface area contributed by atoms with Crippen LogP contribution in [0.4, 0.5) is 5.82 Å². The molecule has 0 bridgehead atoms. The molecular weight excluding hydrogens is 208 g/mol. The van der Waals surface area contributed by atoms with Gasteiger partial charge in [0.25, 0.3) is 5.89 Å². The number of hydrogen-bond acceptors (Lipinski definition) is 5. The van der Waals surface area contributed by atoms with Crippen molar-refractivity contribution in [1.82, 2.24) is 25.3 Å². The standard InChI is InChI=1S/C9H8N6O/c10-7-4-6(13-14-7)9-12-8(15-16-9)5-2-1-3-11-5/h1-4,11H,(H3,10,13,14). The molecule has 80 valence electrons. The van der Waals surface area contributed by atoms with Crippen molar-refractivity contribution in [2.24, 2.45) is 0 Å². The Hall–Kier alpha value is -2.57. The van der Waals surface area contributed by atoms with E-state index >= 15 is 0 Å². The molecular formula is C9H8N6O. The normalized spacial score (nSPS) is 10.8. The van der Waals surface area contributed by atoms with Gasteiger partial charge in [0.1, 0.15) is 11.5 Å². The summed E-state index contributed by atoms with van der Waals surface area (Å²) in [5, 5.41) is 10.3. The number of hydrogen-bond donors (Lipinski definition) is 3. The number of aromatic nitrogens is 5. The maximum absolute atomic E-state index is 5.48. The van der Waals surface area contributed by atoms with Crippen molar-refractivity contribution >= 4 is 5.82 Å². The zero-order chi connectivity index (χ0) is 11.0. The van der Waals surface area contributed by atoms with E-state index in [9.17, 15) is 0 Å². The van der Waals surface area contributed by atoms with Crippen molar-refractivity contribution < 1.29 is 4.52 Å². The highest BCUT2D eigenvalue weighted by Gasteiger charge is 2.12. The SMILES string of the molecule is Nc1cc(-c2nc(-c3ccc[nH]3)no2)[nH]n1. The van der Waals surface area contributed by atoms with Crippen molar-refractivity contribution in [2.75, 3.05) is 5.73 Å². The Morgan fingerprint density at radius 1 is 1.31 bits per heavy atom. The van der Waals surface area contributed by atoms with E-state index in [1.54, 1.807) is 12.3 Å². The van der Waals surface area contributed by atoms with Crippen molar-refractivity contribution in [3.05, 3.63) is 24.4 Å². The molecule has 0 radical (unpaired) electrons. The van der Waals surface area contributed by atoms with Crippen molar-refractivity contribution in [2.45, 2.75) is 0 Å². The second-order valence-corrected chi connectivity index (χ2v) is 3.21. The molecule has 0 fully saturated rings. The number of nitrogen functional groups attached to an aromatic ring is 1. The Balaban J connectivity index is 2.00. The fourth-order valence-corrected chi connectivity index (χ4v) is 1.36. The average molecular weight is 216 g/mol. The monoisotopic (exact) mass is 216 g/mol. The minimum atomic E-state index is 0.355. The van der Waals surface area contributed by atoms with Crippen LogP contribution in [0.25, 0.3) is 23.1 Å². The summed E-state index contributed by atoms with van der Waals surface area (Å²) in [6.07, 6.45) is 1.79. The molecule has 0 aliphatic rings. The largest absolute Gasteiger partial charge is 0.382 e. The molecule has 0 saturated heterocycles. The minimum absolute atomic E-state index is 0.355. The van der Waals surface area contributed by atoms with Crippen LogP contribution in [-0.2, 0) is 0 Å². The van der Waals surface area contributed by atoms with Gasteiger partial charge in [-0.15, -0.1) is 0 Å². The lowest BCUT2D eigenvalue weighted by atomic mass is 10.4. The van der Waals surface area contributed by atoms with Gasteiger partial charge in [-0.05, 0) is 12.1 Å². The van der Waals surface area contributed by atoms with E-state index in [1.165, 1.54) is 0 Å². The van der Waals surface area contributed by atoms with E-state index in [0.29, 0.717) is 23.2 Å². The second-order valence-electron chi connectivity index (χ2n) is 3.21. The van der Waals surface area contributed by atoms with Gasteiger partial charge in [0, 0.05) is 12.3 Å². The molecule has 3 aromatic heterocycles. The molecule has 0 spiro atoms. The van der Waals surface area contributed by atoms with Crippen LogP contribution < -0.4 is 5.73 Å². The van der Waals surface area contributed by atoms with Gasteiger partial charge in [-0.3, -0.25) is 5.10 Å². The fraction of sp³-hybridized carbons (Fsp3) is 0. The minimum Gasteiger partial charge on any atom is -0.382 e. The Morgan fingerprint density at radius 2 is 2.25 bits per heavy atom. The van der Waals surface area contributed by atoms with Crippen LogP contribution in [0.1, 0.15) is 0 Å². The number of aromatic amines is 2. The van der Waals surface area contributed by atoms with Crippen molar-refractivity contribution in [3.8, 4) is 23.1 Å². The first-order valence-electron chi connectivity index (χ1n) is 4.61. The molecule has 3 heterocycles. The van der Waals surface area contributed by atoms with Gasteiger partial charge in [-0.2, -0.15) is 10.1 Å². The average Bonchev–Trinajstić information content (AvgIpc) is 2.97. The zero-order valence-electron chi connectivity index (χ0n) is 8.14. The fourth-order valence-electron chi connectivity index (χ4n) is 1.36. The van der Waals surface area contributed by atoms with Gasteiger partial charge in [0.05, 0.1) is 5.69 Å². The van der Waals surface area contributed by atoms with Gasteiger partial charge >= 0.3 is 0 Å². The molecule has 0 saturated carbocycles. The molecule has 7 heteroatoms. The third kappa shape index (κ3) is 1.34. The van der Waals surface area contributed by atoms with Crippen LogP contribution in [0.15, 0.2) is 28.9 Å². The first kappa shape index (κ1) is 8.72. The molecule has 3 rings (SSSR count). The number of nitrogens with one attached hydrogen (secondary N) is 2.